The Labute approximate surface area is 174 Å². The van der Waals surface area contributed by atoms with Crippen molar-refractivity contribution in [3.8, 4) is 5.69 Å². The highest BCUT2D eigenvalue weighted by molar-refractivity contribution is 5.96. The second-order valence-electron chi connectivity index (χ2n) is 6.70. The van der Waals surface area contributed by atoms with E-state index in [0.29, 0.717) is 11.4 Å². The molecule has 0 fully saturated rings. The molecule has 0 spiro atoms. The summed E-state index contributed by atoms with van der Waals surface area (Å²) in [5, 5.41) is 0. The molecule has 0 saturated carbocycles. The van der Waals surface area contributed by atoms with Crippen molar-refractivity contribution < 1.29 is 19.1 Å². The van der Waals surface area contributed by atoms with Gasteiger partial charge < -0.3 is 14.0 Å². The zero-order valence-electron chi connectivity index (χ0n) is 17.2. The van der Waals surface area contributed by atoms with E-state index in [9.17, 15) is 14.4 Å². The van der Waals surface area contributed by atoms with Gasteiger partial charge in [0.2, 0.25) is 5.43 Å². The molecule has 1 aromatic heterocycles. The number of hydrogen-bond acceptors (Lipinski definition) is 5. The molecule has 0 aliphatic rings. The van der Waals surface area contributed by atoms with Crippen molar-refractivity contribution in [3.63, 3.8) is 0 Å². The lowest BCUT2D eigenvalue weighted by molar-refractivity contribution is 0.0469. The lowest BCUT2D eigenvalue weighted by Crippen LogP contribution is -2.31. The van der Waals surface area contributed by atoms with Crippen LogP contribution in [0, 0.1) is 13.8 Å². The molecule has 30 heavy (non-hydrogen) atoms. The van der Waals surface area contributed by atoms with Gasteiger partial charge in [0.25, 0.3) is 0 Å². The molecular formula is C24H23NO5. The molecule has 0 saturated heterocycles. The van der Waals surface area contributed by atoms with Gasteiger partial charge in [-0.15, -0.1) is 0 Å². The Kier molecular flexibility index (Phi) is 6.47. The zero-order chi connectivity index (χ0) is 21.7. The largest absolute Gasteiger partial charge is 0.462 e. The number of aromatic nitrogens is 1. The number of nitrogens with zero attached hydrogens (tertiary/aromatic N) is 1. The van der Waals surface area contributed by atoms with Gasteiger partial charge in [-0.1, -0.05) is 48.5 Å². The van der Waals surface area contributed by atoms with Gasteiger partial charge in [-0.3, -0.25) is 4.79 Å². The average Bonchev–Trinajstić information content (AvgIpc) is 2.74. The molecule has 6 nitrogen and oxygen atoms in total. The minimum Gasteiger partial charge on any atom is -0.462 e. The molecular weight excluding hydrogens is 382 g/mol. The average molecular weight is 405 g/mol. The Bertz CT molecular complexity index is 1120. The first-order valence-corrected chi connectivity index (χ1v) is 9.65. The Balaban J connectivity index is 2.13. The number of benzene rings is 2. The van der Waals surface area contributed by atoms with Crippen molar-refractivity contribution in [2.45, 2.75) is 27.4 Å². The molecule has 0 unspecified atom stereocenters. The van der Waals surface area contributed by atoms with Crippen molar-refractivity contribution in [2.24, 2.45) is 0 Å². The number of rotatable bonds is 6. The summed E-state index contributed by atoms with van der Waals surface area (Å²) in [6, 6.07) is 18.4. The number of ether oxygens (including phenoxy) is 2. The van der Waals surface area contributed by atoms with Crippen LogP contribution in [0.15, 0.2) is 65.5 Å². The van der Waals surface area contributed by atoms with Crippen LogP contribution in [0.2, 0.25) is 0 Å². The third-order valence-corrected chi connectivity index (χ3v) is 4.76. The lowest BCUT2D eigenvalue weighted by Gasteiger charge is -2.20. The second-order valence-corrected chi connectivity index (χ2v) is 6.70. The van der Waals surface area contributed by atoms with Crippen LogP contribution in [0.25, 0.3) is 5.69 Å². The smallest absolute Gasteiger partial charge is 0.344 e. The summed E-state index contributed by atoms with van der Waals surface area (Å²) < 4.78 is 12.2. The van der Waals surface area contributed by atoms with Gasteiger partial charge in [0.05, 0.1) is 6.61 Å². The molecule has 3 rings (SSSR count). The van der Waals surface area contributed by atoms with E-state index in [2.05, 4.69) is 0 Å². The van der Waals surface area contributed by atoms with Gasteiger partial charge in [0.1, 0.15) is 17.7 Å². The standard InChI is InChI=1S/C24H23NO5/c1-4-29-23(27)20-16(2)25(19-13-9-6-10-14-19)17(3)21(22(20)26)24(28)30-15-18-11-7-5-8-12-18/h5-14H,4,15H2,1-3H3. The maximum Gasteiger partial charge on any atom is 0.344 e. The summed E-state index contributed by atoms with van der Waals surface area (Å²) in [7, 11) is 0. The Morgan fingerprint density at radius 1 is 0.800 bits per heavy atom. The van der Waals surface area contributed by atoms with Crippen LogP contribution in [0.1, 0.15) is 44.6 Å². The predicted octanol–water partition coefficient (Wildman–Crippen LogP) is 3.99. The Hall–Kier alpha value is -3.67. The summed E-state index contributed by atoms with van der Waals surface area (Å²) in [4.78, 5) is 38.6. The number of pyridine rings is 1. The summed E-state index contributed by atoms with van der Waals surface area (Å²) in [6.07, 6.45) is 0. The van der Waals surface area contributed by atoms with E-state index in [4.69, 9.17) is 9.47 Å². The molecule has 0 aliphatic heterocycles. The first kappa shape index (κ1) is 21.0. The monoisotopic (exact) mass is 405 g/mol. The maximum absolute atomic E-state index is 13.1. The summed E-state index contributed by atoms with van der Waals surface area (Å²) >= 11 is 0. The van der Waals surface area contributed by atoms with Crippen LogP contribution in [0.3, 0.4) is 0 Å². The summed E-state index contributed by atoms with van der Waals surface area (Å²) in [5.41, 5.74) is 1.28. The molecule has 0 aliphatic carbocycles. The fraction of sp³-hybridized carbons (Fsp3) is 0.208. The van der Waals surface area contributed by atoms with Crippen LogP contribution in [-0.2, 0) is 16.1 Å². The quantitative estimate of drug-likeness (QED) is 0.580. The van der Waals surface area contributed by atoms with Crippen LogP contribution in [0.4, 0.5) is 0 Å². The second kappa shape index (κ2) is 9.22. The number of carbonyl (C=O) groups is 2. The first-order valence-electron chi connectivity index (χ1n) is 9.65. The maximum atomic E-state index is 13.1. The minimum atomic E-state index is -0.781. The molecule has 2 aromatic carbocycles. The van der Waals surface area contributed by atoms with E-state index in [1.54, 1.807) is 25.3 Å². The van der Waals surface area contributed by atoms with Gasteiger partial charge in [0, 0.05) is 17.1 Å². The fourth-order valence-electron chi connectivity index (χ4n) is 3.37. The molecule has 3 aromatic rings. The fourth-order valence-corrected chi connectivity index (χ4v) is 3.37. The molecule has 0 atom stereocenters. The van der Waals surface area contributed by atoms with Crippen LogP contribution >= 0.6 is 0 Å². The molecule has 0 radical (unpaired) electrons. The molecule has 0 N–H and O–H groups in total. The number of esters is 2. The third-order valence-electron chi connectivity index (χ3n) is 4.76. The zero-order valence-corrected chi connectivity index (χ0v) is 17.2. The van der Waals surface area contributed by atoms with Crippen LogP contribution < -0.4 is 5.43 Å². The van der Waals surface area contributed by atoms with Gasteiger partial charge in [0.15, 0.2) is 0 Å². The summed E-state index contributed by atoms with van der Waals surface area (Å²) in [5.74, 6) is -1.54. The highest BCUT2D eigenvalue weighted by atomic mass is 16.5. The van der Waals surface area contributed by atoms with Crippen LogP contribution in [-0.4, -0.2) is 23.1 Å². The predicted molar refractivity (Wildman–Crippen MR) is 113 cm³/mol. The number of carbonyl (C=O) groups excluding carboxylic acids is 2. The molecule has 154 valence electrons. The van der Waals surface area contributed by atoms with Crippen molar-refractivity contribution in [2.75, 3.05) is 6.61 Å². The van der Waals surface area contributed by atoms with E-state index >= 15 is 0 Å². The van der Waals surface area contributed by atoms with Gasteiger partial charge in [-0.05, 0) is 38.5 Å². The summed E-state index contributed by atoms with van der Waals surface area (Å²) in [6.45, 7) is 5.12. The molecule has 0 bridgehead atoms. The van der Waals surface area contributed by atoms with E-state index in [1.165, 1.54) is 0 Å². The molecule has 0 amide bonds. The Morgan fingerprint density at radius 3 is 1.83 bits per heavy atom. The normalized spacial score (nSPS) is 10.5. The van der Waals surface area contributed by atoms with E-state index in [-0.39, 0.29) is 24.3 Å². The van der Waals surface area contributed by atoms with Crippen molar-refractivity contribution in [3.05, 3.63) is 99.0 Å². The molecule has 1 heterocycles. The van der Waals surface area contributed by atoms with Crippen molar-refractivity contribution in [1.82, 2.24) is 4.57 Å². The van der Waals surface area contributed by atoms with Gasteiger partial charge in [-0.25, -0.2) is 9.59 Å². The highest BCUT2D eigenvalue weighted by Crippen LogP contribution is 2.20. The molecule has 6 heteroatoms. The Morgan fingerprint density at radius 2 is 1.30 bits per heavy atom. The van der Waals surface area contributed by atoms with Gasteiger partial charge >= 0.3 is 11.9 Å². The van der Waals surface area contributed by atoms with Crippen molar-refractivity contribution in [1.29, 1.82) is 0 Å². The number of hydrogen-bond donors (Lipinski definition) is 0. The van der Waals surface area contributed by atoms with E-state index in [0.717, 1.165) is 11.3 Å². The third kappa shape index (κ3) is 4.17. The highest BCUT2D eigenvalue weighted by Gasteiger charge is 2.28. The SMILES string of the molecule is CCOC(=O)c1c(C)n(-c2ccccc2)c(C)c(C(=O)OCc2ccccc2)c1=O. The van der Waals surface area contributed by atoms with E-state index in [1.807, 2.05) is 60.7 Å². The topological polar surface area (TPSA) is 74.6 Å². The van der Waals surface area contributed by atoms with Crippen LogP contribution in [0.5, 0.6) is 0 Å². The number of para-hydroxylation sites is 1. The lowest BCUT2D eigenvalue weighted by atomic mass is 10.0. The first-order chi connectivity index (χ1) is 14.5. The minimum absolute atomic E-state index is 0.0203. The van der Waals surface area contributed by atoms with Gasteiger partial charge in [-0.2, -0.15) is 0 Å². The van der Waals surface area contributed by atoms with E-state index < -0.39 is 17.4 Å². The van der Waals surface area contributed by atoms with Crippen molar-refractivity contribution >= 4 is 11.9 Å².